The standard InChI is InChI=1S/C24H25FN6O4/c1-15-5-4-6-19(11-15)35-14-18(32)13-31-20-21(29(2)24(34)30(3)22(20)33)27-23(31)28-26-12-16-7-9-17(25)10-8-16/h4-12,18,32H,13-14H2,1-3H3,(H,27,28). The van der Waals surface area contributed by atoms with Crippen LogP contribution in [0.3, 0.4) is 0 Å². The number of nitrogens with one attached hydrogen (secondary N) is 1. The molecule has 2 heterocycles. The maximum atomic E-state index is 13.1. The molecule has 0 saturated carbocycles. The number of aliphatic hydroxyl groups is 1. The van der Waals surface area contributed by atoms with Crippen molar-refractivity contribution in [3.63, 3.8) is 0 Å². The van der Waals surface area contributed by atoms with Gasteiger partial charge < -0.3 is 14.4 Å². The van der Waals surface area contributed by atoms with Gasteiger partial charge in [-0.25, -0.2) is 14.6 Å². The molecule has 0 aliphatic rings. The van der Waals surface area contributed by atoms with Crippen LogP contribution in [0, 0.1) is 12.7 Å². The zero-order valence-corrected chi connectivity index (χ0v) is 19.5. The molecule has 4 aromatic rings. The first kappa shape index (κ1) is 23.9. The summed E-state index contributed by atoms with van der Waals surface area (Å²) in [6.07, 6.45) is 0.453. The van der Waals surface area contributed by atoms with Gasteiger partial charge in [0.05, 0.1) is 12.8 Å². The monoisotopic (exact) mass is 480 g/mol. The Morgan fingerprint density at radius 3 is 2.63 bits per heavy atom. The first-order chi connectivity index (χ1) is 16.7. The van der Waals surface area contributed by atoms with Crippen LogP contribution in [0.1, 0.15) is 11.1 Å². The van der Waals surface area contributed by atoms with Crippen LogP contribution in [-0.2, 0) is 20.6 Å². The van der Waals surface area contributed by atoms with Gasteiger partial charge in [0, 0.05) is 14.1 Å². The van der Waals surface area contributed by atoms with Gasteiger partial charge in [-0.05, 0) is 42.3 Å². The van der Waals surface area contributed by atoms with Crippen LogP contribution in [-0.4, -0.2) is 42.7 Å². The van der Waals surface area contributed by atoms with Crippen molar-refractivity contribution in [3.05, 3.63) is 86.3 Å². The maximum Gasteiger partial charge on any atom is 0.332 e. The number of hydrazone groups is 1. The normalized spacial score (nSPS) is 12.4. The lowest BCUT2D eigenvalue weighted by atomic mass is 10.2. The summed E-state index contributed by atoms with van der Waals surface area (Å²) in [6, 6.07) is 13.1. The van der Waals surface area contributed by atoms with E-state index in [9.17, 15) is 19.1 Å². The Balaban J connectivity index is 1.65. The molecule has 0 aliphatic heterocycles. The number of anilines is 1. The third kappa shape index (κ3) is 5.14. The number of benzene rings is 2. The summed E-state index contributed by atoms with van der Waals surface area (Å²) in [5.74, 6) is 0.391. The molecule has 0 spiro atoms. The van der Waals surface area contributed by atoms with E-state index in [1.165, 1.54) is 41.6 Å². The molecule has 0 saturated heterocycles. The van der Waals surface area contributed by atoms with Crippen molar-refractivity contribution in [2.75, 3.05) is 12.0 Å². The highest BCUT2D eigenvalue weighted by Gasteiger charge is 2.21. The summed E-state index contributed by atoms with van der Waals surface area (Å²) in [5.41, 5.74) is 3.60. The van der Waals surface area contributed by atoms with Crippen LogP contribution in [0.25, 0.3) is 11.2 Å². The van der Waals surface area contributed by atoms with E-state index in [1.54, 1.807) is 18.2 Å². The van der Waals surface area contributed by atoms with E-state index >= 15 is 0 Å². The Labute approximate surface area is 199 Å². The minimum absolute atomic E-state index is 0.0342. The van der Waals surface area contributed by atoms with Crippen LogP contribution >= 0.6 is 0 Å². The lowest BCUT2D eigenvalue weighted by Crippen LogP contribution is -2.38. The number of rotatable bonds is 8. The third-order valence-corrected chi connectivity index (χ3v) is 5.42. The van der Waals surface area contributed by atoms with E-state index in [-0.39, 0.29) is 36.1 Å². The van der Waals surface area contributed by atoms with Crippen molar-refractivity contribution < 1.29 is 14.2 Å². The van der Waals surface area contributed by atoms with Crippen LogP contribution in [0.4, 0.5) is 10.3 Å². The number of aromatic nitrogens is 4. The van der Waals surface area contributed by atoms with Gasteiger partial charge in [0.1, 0.15) is 24.3 Å². The van der Waals surface area contributed by atoms with E-state index in [4.69, 9.17) is 4.74 Å². The molecule has 0 aliphatic carbocycles. The maximum absolute atomic E-state index is 13.1. The fourth-order valence-electron chi connectivity index (χ4n) is 3.58. The lowest BCUT2D eigenvalue weighted by molar-refractivity contribution is 0.0938. The van der Waals surface area contributed by atoms with Crippen molar-refractivity contribution >= 4 is 23.3 Å². The predicted octanol–water partition coefficient (Wildman–Crippen LogP) is 1.77. The summed E-state index contributed by atoms with van der Waals surface area (Å²) >= 11 is 0. The molecule has 4 rings (SSSR count). The second kappa shape index (κ2) is 9.94. The van der Waals surface area contributed by atoms with Crippen LogP contribution in [0.15, 0.2) is 63.2 Å². The predicted molar refractivity (Wildman–Crippen MR) is 131 cm³/mol. The number of halogens is 1. The number of aryl methyl sites for hydroxylation is 2. The highest BCUT2D eigenvalue weighted by atomic mass is 19.1. The Bertz CT molecular complexity index is 1500. The van der Waals surface area contributed by atoms with Gasteiger partial charge in [-0.1, -0.05) is 24.3 Å². The minimum atomic E-state index is -1.00. The average molecular weight is 481 g/mol. The smallest absolute Gasteiger partial charge is 0.332 e. The second-order valence-electron chi connectivity index (χ2n) is 8.13. The summed E-state index contributed by atoms with van der Waals surface area (Å²) in [5, 5.41) is 14.8. The Morgan fingerprint density at radius 1 is 1.17 bits per heavy atom. The molecule has 2 N–H and O–H groups in total. The molecule has 1 atom stereocenters. The van der Waals surface area contributed by atoms with Crippen molar-refractivity contribution in [3.8, 4) is 5.75 Å². The molecule has 10 nitrogen and oxygen atoms in total. The first-order valence-electron chi connectivity index (χ1n) is 10.8. The van der Waals surface area contributed by atoms with Crippen LogP contribution in [0.2, 0.25) is 0 Å². The van der Waals surface area contributed by atoms with Gasteiger partial charge >= 0.3 is 5.69 Å². The van der Waals surface area contributed by atoms with Gasteiger partial charge in [-0.3, -0.25) is 13.9 Å². The molecular formula is C24H25FN6O4. The van der Waals surface area contributed by atoms with Gasteiger partial charge in [-0.15, -0.1) is 0 Å². The molecule has 0 amide bonds. The van der Waals surface area contributed by atoms with Crippen molar-refractivity contribution in [1.82, 2.24) is 18.7 Å². The van der Waals surface area contributed by atoms with Gasteiger partial charge in [0.15, 0.2) is 11.2 Å². The summed E-state index contributed by atoms with van der Waals surface area (Å²) in [4.78, 5) is 29.7. The number of aliphatic hydroxyl groups excluding tert-OH is 1. The fourth-order valence-corrected chi connectivity index (χ4v) is 3.58. The molecule has 182 valence electrons. The van der Waals surface area contributed by atoms with E-state index in [0.29, 0.717) is 11.3 Å². The Kier molecular flexibility index (Phi) is 6.78. The molecule has 0 radical (unpaired) electrons. The largest absolute Gasteiger partial charge is 0.491 e. The number of imidazole rings is 1. The number of fused-ring (bicyclic) bond motifs is 1. The zero-order valence-electron chi connectivity index (χ0n) is 19.5. The zero-order chi connectivity index (χ0) is 25.1. The van der Waals surface area contributed by atoms with Crippen LogP contribution in [0.5, 0.6) is 5.75 Å². The number of ether oxygens (including phenoxy) is 1. The van der Waals surface area contributed by atoms with E-state index in [0.717, 1.165) is 10.1 Å². The molecule has 1 unspecified atom stereocenters. The molecule has 0 bridgehead atoms. The summed E-state index contributed by atoms with van der Waals surface area (Å²) in [6.45, 7) is 1.85. The van der Waals surface area contributed by atoms with Crippen LogP contribution < -0.4 is 21.4 Å². The van der Waals surface area contributed by atoms with Gasteiger partial charge in [0.25, 0.3) is 5.56 Å². The number of hydrogen-bond donors (Lipinski definition) is 2. The third-order valence-electron chi connectivity index (χ3n) is 5.42. The number of hydrogen-bond acceptors (Lipinski definition) is 7. The molecule has 2 aromatic carbocycles. The van der Waals surface area contributed by atoms with E-state index in [2.05, 4.69) is 15.5 Å². The quantitative estimate of drug-likeness (QED) is 0.293. The summed E-state index contributed by atoms with van der Waals surface area (Å²) in [7, 11) is 2.88. The SMILES string of the molecule is Cc1cccc(OCC(O)Cn2c(NN=Cc3ccc(F)cc3)nc3c2c(=O)n(C)c(=O)n3C)c1. The highest BCUT2D eigenvalue weighted by Crippen LogP contribution is 2.18. The topological polar surface area (TPSA) is 116 Å². The fraction of sp³-hybridized carbons (Fsp3) is 0.250. The molecule has 0 fully saturated rings. The average Bonchev–Trinajstić information content (AvgIpc) is 3.19. The molecule has 2 aromatic heterocycles. The minimum Gasteiger partial charge on any atom is -0.491 e. The van der Waals surface area contributed by atoms with Gasteiger partial charge in [-0.2, -0.15) is 10.1 Å². The van der Waals surface area contributed by atoms with Gasteiger partial charge in [0.2, 0.25) is 5.95 Å². The number of nitrogens with zero attached hydrogens (tertiary/aromatic N) is 5. The molecule has 35 heavy (non-hydrogen) atoms. The Hall–Kier alpha value is -4.25. The van der Waals surface area contributed by atoms with E-state index < -0.39 is 17.4 Å². The first-order valence-corrected chi connectivity index (χ1v) is 10.8. The second-order valence-corrected chi connectivity index (χ2v) is 8.13. The van der Waals surface area contributed by atoms with Crippen molar-refractivity contribution in [2.45, 2.75) is 19.6 Å². The van der Waals surface area contributed by atoms with E-state index in [1.807, 2.05) is 25.1 Å². The Morgan fingerprint density at radius 2 is 1.91 bits per heavy atom. The molecular weight excluding hydrogens is 455 g/mol. The van der Waals surface area contributed by atoms with Crippen molar-refractivity contribution in [2.24, 2.45) is 19.2 Å². The lowest BCUT2D eigenvalue weighted by Gasteiger charge is -2.15. The van der Waals surface area contributed by atoms with Crippen molar-refractivity contribution in [1.29, 1.82) is 0 Å². The summed E-state index contributed by atoms with van der Waals surface area (Å²) < 4.78 is 22.5. The highest BCUT2D eigenvalue weighted by molar-refractivity contribution is 5.80. The molecule has 11 heteroatoms.